The van der Waals surface area contributed by atoms with E-state index in [4.69, 9.17) is 5.73 Å². The van der Waals surface area contributed by atoms with Crippen molar-refractivity contribution in [2.75, 3.05) is 0 Å². The largest absolute Gasteiger partial charge is 0.353 e. The van der Waals surface area contributed by atoms with Crippen molar-refractivity contribution in [3.8, 4) is 0 Å². The number of carbonyl (C=O) groups excluding carboxylic acids is 1. The van der Waals surface area contributed by atoms with E-state index in [1.807, 2.05) is 6.92 Å². The molecule has 0 aliphatic heterocycles. The Morgan fingerprint density at radius 3 is 2.52 bits per heavy atom. The van der Waals surface area contributed by atoms with Crippen LogP contribution in [0.15, 0.2) is 24.3 Å². The summed E-state index contributed by atoms with van der Waals surface area (Å²) in [7, 11) is 0. The van der Waals surface area contributed by atoms with Crippen LogP contribution in [0.3, 0.4) is 0 Å². The number of hydrogen-bond acceptors (Lipinski definition) is 2. The van der Waals surface area contributed by atoms with E-state index < -0.39 is 0 Å². The van der Waals surface area contributed by atoms with Gasteiger partial charge in [-0.05, 0) is 49.7 Å². The van der Waals surface area contributed by atoms with Crippen molar-refractivity contribution in [2.24, 2.45) is 11.7 Å². The van der Waals surface area contributed by atoms with Gasteiger partial charge >= 0.3 is 0 Å². The van der Waals surface area contributed by atoms with Crippen molar-refractivity contribution >= 4 is 5.91 Å². The Bertz CT molecular complexity index is 544. The second-order valence-corrected chi connectivity index (χ2v) is 7.76. The summed E-state index contributed by atoms with van der Waals surface area (Å²) in [5, 5.41) is 3.26. The predicted molar refractivity (Wildman–Crippen MR) is 94.2 cm³/mol. The van der Waals surface area contributed by atoms with Crippen molar-refractivity contribution in [3.05, 3.63) is 35.4 Å². The van der Waals surface area contributed by atoms with Gasteiger partial charge < -0.3 is 11.1 Å². The first kappa shape index (κ1) is 16.5. The van der Waals surface area contributed by atoms with Gasteiger partial charge in [0.25, 0.3) is 0 Å². The van der Waals surface area contributed by atoms with Gasteiger partial charge in [-0.15, -0.1) is 0 Å². The number of nitrogens with two attached hydrogens (primary N) is 1. The second-order valence-electron chi connectivity index (χ2n) is 7.76. The van der Waals surface area contributed by atoms with Gasteiger partial charge in [0, 0.05) is 17.5 Å². The molecule has 1 atom stereocenters. The molecule has 3 heteroatoms. The zero-order valence-electron chi connectivity index (χ0n) is 14.3. The summed E-state index contributed by atoms with van der Waals surface area (Å²) < 4.78 is 0. The Hall–Kier alpha value is -1.35. The molecule has 2 aliphatic carbocycles. The smallest absolute Gasteiger partial charge is 0.223 e. The molecule has 2 aliphatic rings. The summed E-state index contributed by atoms with van der Waals surface area (Å²) in [6.07, 6.45) is 10.1. The molecule has 0 saturated heterocycles. The quantitative estimate of drug-likeness (QED) is 0.846. The average molecular weight is 314 g/mol. The van der Waals surface area contributed by atoms with Crippen LogP contribution in [0.5, 0.6) is 0 Å². The fourth-order valence-electron chi connectivity index (χ4n) is 3.66. The maximum atomic E-state index is 12.5. The van der Waals surface area contributed by atoms with E-state index in [9.17, 15) is 4.79 Å². The lowest BCUT2D eigenvalue weighted by atomic mass is 9.91. The Labute approximate surface area is 140 Å². The molecule has 0 spiro atoms. The molecule has 3 rings (SSSR count). The number of amides is 1. The number of carbonyl (C=O) groups is 1. The summed E-state index contributed by atoms with van der Waals surface area (Å²) in [6, 6.07) is 8.88. The highest BCUT2D eigenvalue weighted by atomic mass is 16.1. The molecule has 126 valence electrons. The summed E-state index contributed by atoms with van der Waals surface area (Å²) >= 11 is 0. The molecule has 0 heterocycles. The molecule has 2 saturated carbocycles. The molecule has 0 aromatic heterocycles. The van der Waals surface area contributed by atoms with Gasteiger partial charge in [0.15, 0.2) is 0 Å². The average Bonchev–Trinajstić information content (AvgIpc) is 3.27. The lowest BCUT2D eigenvalue weighted by Crippen LogP contribution is -2.39. The van der Waals surface area contributed by atoms with Crippen LogP contribution in [-0.4, -0.2) is 17.5 Å². The Kier molecular flexibility index (Phi) is 5.05. The highest BCUT2D eigenvalue weighted by Gasteiger charge is 2.38. The van der Waals surface area contributed by atoms with Crippen molar-refractivity contribution < 1.29 is 4.79 Å². The standard InChI is InChI=1S/C20H30N2O/c1-15(19(23)22-18-9-3-2-4-10-18)13-16-7-5-6-8-17(16)14-20(21)11-12-20/h5-8,15,18H,2-4,9-14,21H2,1H3,(H,22,23). The van der Waals surface area contributed by atoms with Gasteiger partial charge in [0.2, 0.25) is 5.91 Å². The molecule has 23 heavy (non-hydrogen) atoms. The summed E-state index contributed by atoms with van der Waals surface area (Å²) in [5.74, 6) is 0.228. The van der Waals surface area contributed by atoms with Gasteiger partial charge in [-0.1, -0.05) is 50.5 Å². The number of rotatable bonds is 6. The van der Waals surface area contributed by atoms with Crippen molar-refractivity contribution in [2.45, 2.75) is 76.3 Å². The fraction of sp³-hybridized carbons (Fsp3) is 0.650. The van der Waals surface area contributed by atoms with Gasteiger partial charge in [0.05, 0.1) is 0 Å². The monoisotopic (exact) mass is 314 g/mol. The lowest BCUT2D eigenvalue weighted by molar-refractivity contribution is -0.125. The second kappa shape index (κ2) is 7.04. The van der Waals surface area contributed by atoms with Crippen molar-refractivity contribution in [3.63, 3.8) is 0 Å². The number of nitrogens with one attached hydrogen (secondary N) is 1. The van der Waals surface area contributed by atoms with Gasteiger partial charge in [0.1, 0.15) is 0 Å². The van der Waals surface area contributed by atoms with E-state index >= 15 is 0 Å². The summed E-state index contributed by atoms with van der Waals surface area (Å²) in [6.45, 7) is 2.05. The first-order valence-corrected chi connectivity index (χ1v) is 9.22. The maximum Gasteiger partial charge on any atom is 0.223 e. The van der Waals surface area contributed by atoms with E-state index in [-0.39, 0.29) is 17.4 Å². The minimum absolute atomic E-state index is 0.0176. The van der Waals surface area contributed by atoms with Gasteiger partial charge in [-0.2, -0.15) is 0 Å². The zero-order valence-corrected chi connectivity index (χ0v) is 14.3. The first-order chi connectivity index (χ1) is 11.1. The molecule has 2 fully saturated rings. The summed E-state index contributed by atoms with van der Waals surface area (Å²) in [4.78, 5) is 12.5. The molecule has 0 bridgehead atoms. The fourth-order valence-corrected chi connectivity index (χ4v) is 3.66. The van der Waals surface area contributed by atoms with Crippen molar-refractivity contribution in [1.82, 2.24) is 5.32 Å². The molecule has 3 nitrogen and oxygen atoms in total. The van der Waals surface area contributed by atoms with E-state index in [0.717, 1.165) is 38.5 Å². The highest BCUT2D eigenvalue weighted by molar-refractivity contribution is 5.79. The molecular weight excluding hydrogens is 284 g/mol. The third-order valence-corrected chi connectivity index (χ3v) is 5.48. The molecule has 0 radical (unpaired) electrons. The lowest BCUT2D eigenvalue weighted by Gasteiger charge is -2.25. The highest BCUT2D eigenvalue weighted by Crippen LogP contribution is 2.36. The minimum atomic E-state index is 0.0176. The number of benzene rings is 1. The molecule has 1 aromatic carbocycles. The predicted octanol–water partition coefficient (Wildman–Crippen LogP) is 3.35. The Balaban J connectivity index is 1.58. The van der Waals surface area contributed by atoms with Gasteiger partial charge in [-0.3, -0.25) is 4.79 Å². The Morgan fingerprint density at radius 2 is 1.87 bits per heavy atom. The van der Waals surface area contributed by atoms with E-state index in [2.05, 4.69) is 29.6 Å². The Morgan fingerprint density at radius 1 is 1.22 bits per heavy atom. The SMILES string of the molecule is CC(Cc1ccccc1CC1(N)CC1)C(=O)NC1CCCCC1. The minimum Gasteiger partial charge on any atom is -0.353 e. The van der Waals surface area contributed by atoms with Crippen LogP contribution in [0.1, 0.15) is 63.0 Å². The topological polar surface area (TPSA) is 55.1 Å². The van der Waals surface area contributed by atoms with E-state index in [0.29, 0.717) is 6.04 Å². The molecular formula is C20H30N2O. The number of hydrogen-bond donors (Lipinski definition) is 2. The molecule has 1 amide bonds. The van der Waals surface area contributed by atoms with Crippen LogP contribution in [0.4, 0.5) is 0 Å². The molecule has 1 aromatic rings. The van der Waals surface area contributed by atoms with Crippen LogP contribution in [0, 0.1) is 5.92 Å². The zero-order chi connectivity index (χ0) is 16.3. The van der Waals surface area contributed by atoms with Crippen LogP contribution in [0.2, 0.25) is 0 Å². The molecule has 3 N–H and O–H groups in total. The van der Waals surface area contributed by atoms with Crippen LogP contribution >= 0.6 is 0 Å². The third-order valence-electron chi connectivity index (χ3n) is 5.48. The van der Waals surface area contributed by atoms with E-state index in [1.54, 1.807) is 0 Å². The van der Waals surface area contributed by atoms with Gasteiger partial charge in [-0.25, -0.2) is 0 Å². The van der Waals surface area contributed by atoms with Crippen LogP contribution in [-0.2, 0) is 17.6 Å². The van der Waals surface area contributed by atoms with Crippen LogP contribution in [0.25, 0.3) is 0 Å². The normalized spacial score (nSPS) is 21.7. The first-order valence-electron chi connectivity index (χ1n) is 9.22. The van der Waals surface area contributed by atoms with Crippen LogP contribution < -0.4 is 11.1 Å². The molecule has 1 unspecified atom stereocenters. The maximum absolute atomic E-state index is 12.5. The van der Waals surface area contributed by atoms with Crippen molar-refractivity contribution in [1.29, 1.82) is 0 Å². The van der Waals surface area contributed by atoms with E-state index in [1.165, 1.54) is 30.4 Å². The summed E-state index contributed by atoms with van der Waals surface area (Å²) in [5.41, 5.74) is 8.91. The third kappa shape index (κ3) is 4.57.